The zero-order valence-corrected chi connectivity index (χ0v) is 5.81. The highest BCUT2D eigenvalue weighted by molar-refractivity contribution is 6.38. The highest BCUT2D eigenvalue weighted by Crippen LogP contribution is 2.03. The fraction of sp³-hybridized carbons (Fsp3) is 0. The molecule has 1 aromatic rings. The summed E-state index contributed by atoms with van der Waals surface area (Å²) in [6, 6.07) is 1.78. The Balaban J connectivity index is 3.17. The number of rotatable bonds is 0. The fourth-order valence-electron chi connectivity index (χ4n) is 0.551. The van der Waals surface area contributed by atoms with E-state index in [-0.39, 0.29) is 0 Å². The molecule has 46 valence electrons. The lowest BCUT2D eigenvalue weighted by molar-refractivity contribution is 1.36. The monoisotopic (exact) mass is 140 g/mol. The second-order valence-corrected chi connectivity index (χ2v) is 2.29. The van der Waals surface area contributed by atoms with E-state index in [1.165, 1.54) is 6.20 Å². The van der Waals surface area contributed by atoms with Crippen molar-refractivity contribution < 1.29 is 0 Å². The first-order valence-electron chi connectivity index (χ1n) is 2.58. The summed E-state index contributed by atoms with van der Waals surface area (Å²) in [6.07, 6.45) is 1.53. The molecule has 0 aliphatic rings. The molecule has 9 heavy (non-hydrogen) atoms. The van der Waals surface area contributed by atoms with Gasteiger partial charge in [0.15, 0.2) is 0 Å². The average Bonchev–Trinajstić information content (AvgIpc) is 1.80. The number of nitrogens with two attached hydrogens (primary N) is 1. The molecule has 1 heterocycles. The minimum atomic E-state index is 0.541. The molecule has 0 atom stereocenters. The highest BCUT2D eigenvalue weighted by Gasteiger charge is 1.92. The van der Waals surface area contributed by atoms with Crippen LogP contribution in [0.2, 0.25) is 5.02 Å². The molecule has 0 amide bonds. The zero-order chi connectivity index (χ0) is 6.85. The lowest BCUT2D eigenvalue weighted by atomic mass is 9.98. The van der Waals surface area contributed by atoms with E-state index in [1.807, 2.05) is 7.85 Å². The number of hydrogen-bond donors (Lipinski definition) is 1. The Bertz CT molecular complexity index is 226. The molecule has 0 saturated carbocycles. The van der Waals surface area contributed by atoms with Gasteiger partial charge in [-0.05, 0) is 11.5 Å². The molecule has 0 aromatic carbocycles. The van der Waals surface area contributed by atoms with Crippen LogP contribution in [0.25, 0.3) is 0 Å². The molecule has 0 aliphatic heterocycles. The van der Waals surface area contributed by atoms with Crippen LogP contribution in [0.1, 0.15) is 0 Å². The molecule has 0 bridgehead atoms. The second-order valence-electron chi connectivity index (χ2n) is 1.86. The molecule has 2 N–H and O–H groups in total. The maximum absolute atomic E-state index is 5.60. The lowest BCUT2D eigenvalue weighted by Gasteiger charge is -1.96. The van der Waals surface area contributed by atoms with Crippen LogP contribution in [0.3, 0.4) is 0 Å². The number of hydrogen-bond acceptors (Lipinski definition) is 2. The maximum atomic E-state index is 5.60. The topological polar surface area (TPSA) is 38.9 Å². The predicted octanol–water partition coefficient (Wildman–Crippen LogP) is -0.424. The third-order valence-electron chi connectivity index (χ3n) is 1.09. The zero-order valence-electron chi connectivity index (χ0n) is 5.06. The molecule has 1 rings (SSSR count). The summed E-state index contributed by atoms with van der Waals surface area (Å²) >= 11 is 5.60. The van der Waals surface area contributed by atoms with Crippen molar-refractivity contribution in [1.29, 1.82) is 0 Å². The first kappa shape index (κ1) is 6.43. The van der Waals surface area contributed by atoms with E-state index in [4.69, 9.17) is 17.3 Å². The van der Waals surface area contributed by atoms with Gasteiger partial charge in [-0.3, -0.25) is 0 Å². The van der Waals surface area contributed by atoms with Gasteiger partial charge in [0.1, 0.15) is 13.7 Å². The minimum absolute atomic E-state index is 0.541. The normalized spacial score (nSPS) is 9.44. The molecule has 0 unspecified atom stereocenters. The van der Waals surface area contributed by atoms with Crippen molar-refractivity contribution in [3.05, 3.63) is 17.3 Å². The van der Waals surface area contributed by atoms with Crippen LogP contribution >= 0.6 is 11.6 Å². The summed E-state index contributed by atoms with van der Waals surface area (Å²) < 4.78 is 0. The average molecular weight is 140 g/mol. The molecule has 4 heteroatoms. The van der Waals surface area contributed by atoms with Crippen LogP contribution in [0.5, 0.6) is 0 Å². The largest absolute Gasteiger partial charge is 0.384 e. The standard InChI is InChI=1S/C5H6BClN2/c6-4-1-3(7)2-9-5(4)8/h1-2H,6H2,(H2,8,9). The Hall–Kier alpha value is -0.695. The maximum Gasteiger partial charge on any atom is 0.144 e. The summed E-state index contributed by atoms with van der Waals surface area (Å²) in [6.45, 7) is 0. The first-order valence-corrected chi connectivity index (χ1v) is 2.95. The van der Waals surface area contributed by atoms with E-state index >= 15 is 0 Å². The van der Waals surface area contributed by atoms with Crippen molar-refractivity contribution in [2.45, 2.75) is 0 Å². The smallest absolute Gasteiger partial charge is 0.144 e. The first-order chi connectivity index (χ1) is 4.20. The van der Waals surface area contributed by atoms with Crippen LogP contribution in [-0.2, 0) is 0 Å². The fourth-order valence-corrected chi connectivity index (χ4v) is 0.764. The number of nitrogen functional groups attached to an aromatic ring is 1. The summed E-state index contributed by atoms with van der Waals surface area (Å²) in [7, 11) is 1.87. The third-order valence-corrected chi connectivity index (χ3v) is 1.29. The number of anilines is 1. The Labute approximate surface area is 59.4 Å². The van der Waals surface area contributed by atoms with E-state index in [9.17, 15) is 0 Å². The van der Waals surface area contributed by atoms with Crippen LogP contribution in [-0.4, -0.2) is 12.8 Å². The van der Waals surface area contributed by atoms with Crippen molar-refractivity contribution in [2.24, 2.45) is 0 Å². The van der Waals surface area contributed by atoms with Crippen molar-refractivity contribution in [1.82, 2.24) is 4.98 Å². The van der Waals surface area contributed by atoms with Crippen molar-refractivity contribution in [3.8, 4) is 0 Å². The quantitative estimate of drug-likeness (QED) is 0.497. The van der Waals surface area contributed by atoms with E-state index in [2.05, 4.69) is 4.98 Å². The van der Waals surface area contributed by atoms with Gasteiger partial charge in [-0.25, -0.2) is 4.98 Å². The molecule has 0 radical (unpaired) electrons. The third kappa shape index (κ3) is 1.36. The Morgan fingerprint density at radius 2 is 2.33 bits per heavy atom. The SMILES string of the molecule is Bc1cc(Cl)cnc1N. The molecule has 0 aliphatic carbocycles. The van der Waals surface area contributed by atoms with Gasteiger partial charge in [0.2, 0.25) is 0 Å². The van der Waals surface area contributed by atoms with E-state index < -0.39 is 0 Å². The lowest BCUT2D eigenvalue weighted by Crippen LogP contribution is -2.10. The molecule has 1 aromatic heterocycles. The van der Waals surface area contributed by atoms with Gasteiger partial charge in [-0.2, -0.15) is 0 Å². The minimum Gasteiger partial charge on any atom is -0.384 e. The highest BCUT2D eigenvalue weighted by atomic mass is 35.5. The molecule has 0 saturated heterocycles. The van der Waals surface area contributed by atoms with Gasteiger partial charge in [0.05, 0.1) is 5.02 Å². The van der Waals surface area contributed by atoms with E-state index in [1.54, 1.807) is 6.07 Å². The van der Waals surface area contributed by atoms with E-state index in [0.29, 0.717) is 10.8 Å². The van der Waals surface area contributed by atoms with E-state index in [0.717, 1.165) is 5.46 Å². The molecular weight excluding hydrogens is 134 g/mol. The number of aromatic nitrogens is 1. The summed E-state index contributed by atoms with van der Waals surface area (Å²) in [4.78, 5) is 3.82. The van der Waals surface area contributed by atoms with Gasteiger partial charge in [0, 0.05) is 6.20 Å². The molecule has 0 spiro atoms. The number of nitrogens with zero attached hydrogens (tertiary/aromatic N) is 1. The number of pyridine rings is 1. The van der Waals surface area contributed by atoms with Crippen molar-refractivity contribution in [3.63, 3.8) is 0 Å². The van der Waals surface area contributed by atoms with Crippen LogP contribution in [0.4, 0.5) is 5.82 Å². The molecule has 2 nitrogen and oxygen atoms in total. The van der Waals surface area contributed by atoms with Gasteiger partial charge in [-0.15, -0.1) is 0 Å². The van der Waals surface area contributed by atoms with Crippen molar-refractivity contribution >= 4 is 30.7 Å². The van der Waals surface area contributed by atoms with Gasteiger partial charge in [0.25, 0.3) is 0 Å². The molecular formula is C5H6BClN2. The van der Waals surface area contributed by atoms with Crippen LogP contribution in [0, 0.1) is 0 Å². The van der Waals surface area contributed by atoms with Crippen LogP contribution in [0.15, 0.2) is 12.3 Å². The van der Waals surface area contributed by atoms with Crippen LogP contribution < -0.4 is 11.2 Å². The van der Waals surface area contributed by atoms with Gasteiger partial charge in [-0.1, -0.05) is 11.6 Å². The number of halogens is 1. The summed E-state index contributed by atoms with van der Waals surface area (Å²) in [5.74, 6) is 0.541. The predicted molar refractivity (Wildman–Crippen MR) is 41.8 cm³/mol. The van der Waals surface area contributed by atoms with Gasteiger partial charge < -0.3 is 5.73 Å². The second kappa shape index (κ2) is 2.27. The molecule has 0 fully saturated rings. The Kier molecular flexibility index (Phi) is 1.62. The van der Waals surface area contributed by atoms with Crippen molar-refractivity contribution in [2.75, 3.05) is 5.73 Å². The summed E-state index contributed by atoms with van der Waals surface area (Å²) in [5.41, 5.74) is 6.34. The Morgan fingerprint density at radius 1 is 1.67 bits per heavy atom. The summed E-state index contributed by atoms with van der Waals surface area (Å²) in [5, 5.41) is 0.627. The Morgan fingerprint density at radius 3 is 2.78 bits per heavy atom. The van der Waals surface area contributed by atoms with Gasteiger partial charge >= 0.3 is 0 Å².